The summed E-state index contributed by atoms with van der Waals surface area (Å²) in [5, 5.41) is 0.636. The number of rotatable bonds is 1. The van der Waals surface area contributed by atoms with E-state index < -0.39 is 0 Å². The Morgan fingerprint density at radius 1 is 1.43 bits per heavy atom. The first-order valence-electron chi connectivity index (χ1n) is 4.43. The van der Waals surface area contributed by atoms with Gasteiger partial charge in [0.1, 0.15) is 0 Å². The van der Waals surface area contributed by atoms with Crippen molar-refractivity contribution in [2.75, 3.05) is 13.1 Å². The van der Waals surface area contributed by atoms with Gasteiger partial charge < -0.3 is 4.90 Å². The molecule has 2 nitrogen and oxygen atoms in total. The van der Waals surface area contributed by atoms with E-state index in [9.17, 15) is 4.79 Å². The fourth-order valence-electron chi connectivity index (χ4n) is 1.35. The Bertz CT molecular complexity index is 376. The Balaban J connectivity index is 2.26. The van der Waals surface area contributed by atoms with Crippen LogP contribution in [0.15, 0.2) is 22.7 Å². The molecule has 1 saturated heterocycles. The quantitative estimate of drug-likeness (QED) is 0.771. The molecule has 0 bridgehead atoms. The first kappa shape index (κ1) is 9.99. The third-order valence-corrected chi connectivity index (χ3v) is 3.20. The summed E-state index contributed by atoms with van der Waals surface area (Å²) in [7, 11) is 0. The SMILES string of the molecule is O=C(c1ccc(Cl)cc1Br)N1CCC1. The minimum atomic E-state index is 0.0831. The van der Waals surface area contributed by atoms with E-state index in [1.54, 1.807) is 18.2 Å². The third-order valence-electron chi connectivity index (χ3n) is 2.30. The molecule has 1 aliphatic rings. The molecule has 0 aliphatic carbocycles. The van der Waals surface area contributed by atoms with Gasteiger partial charge >= 0.3 is 0 Å². The second kappa shape index (κ2) is 3.91. The number of benzene rings is 1. The van der Waals surface area contributed by atoms with Gasteiger partial charge in [0.15, 0.2) is 0 Å². The monoisotopic (exact) mass is 273 g/mol. The lowest BCUT2D eigenvalue weighted by Crippen LogP contribution is -2.42. The van der Waals surface area contributed by atoms with Crippen LogP contribution in [0.1, 0.15) is 16.8 Å². The summed E-state index contributed by atoms with van der Waals surface area (Å²) in [4.78, 5) is 13.6. The Morgan fingerprint density at radius 3 is 2.64 bits per heavy atom. The van der Waals surface area contributed by atoms with Crippen LogP contribution in [-0.2, 0) is 0 Å². The molecule has 1 fully saturated rings. The molecule has 0 atom stereocenters. The molecule has 4 heteroatoms. The second-order valence-electron chi connectivity index (χ2n) is 3.27. The Labute approximate surface area is 96.0 Å². The molecule has 1 aromatic rings. The van der Waals surface area contributed by atoms with Crippen molar-refractivity contribution in [3.63, 3.8) is 0 Å². The first-order chi connectivity index (χ1) is 6.68. The Kier molecular flexibility index (Phi) is 2.79. The molecule has 1 aromatic carbocycles. The van der Waals surface area contributed by atoms with Crippen LogP contribution in [0.4, 0.5) is 0 Å². The molecule has 0 radical (unpaired) electrons. The van der Waals surface area contributed by atoms with E-state index in [4.69, 9.17) is 11.6 Å². The van der Waals surface area contributed by atoms with Crippen molar-refractivity contribution in [3.8, 4) is 0 Å². The van der Waals surface area contributed by atoms with Crippen LogP contribution in [-0.4, -0.2) is 23.9 Å². The molecule has 0 spiro atoms. The fourth-order valence-corrected chi connectivity index (χ4v) is 2.20. The van der Waals surface area contributed by atoms with Crippen LogP contribution in [0.3, 0.4) is 0 Å². The van der Waals surface area contributed by atoms with E-state index in [0.29, 0.717) is 10.6 Å². The number of carbonyl (C=O) groups excluding carboxylic acids is 1. The van der Waals surface area contributed by atoms with Gasteiger partial charge in [-0.1, -0.05) is 11.6 Å². The third kappa shape index (κ3) is 1.79. The number of likely N-dealkylation sites (tertiary alicyclic amines) is 1. The summed E-state index contributed by atoms with van der Waals surface area (Å²) in [5.74, 6) is 0.0831. The van der Waals surface area contributed by atoms with E-state index in [0.717, 1.165) is 24.0 Å². The van der Waals surface area contributed by atoms with Crippen LogP contribution in [0.2, 0.25) is 5.02 Å². The minimum absolute atomic E-state index is 0.0831. The van der Waals surface area contributed by atoms with Crippen LogP contribution >= 0.6 is 27.5 Å². The minimum Gasteiger partial charge on any atom is -0.338 e. The zero-order chi connectivity index (χ0) is 10.1. The van der Waals surface area contributed by atoms with Gasteiger partial charge in [-0.15, -0.1) is 0 Å². The predicted molar refractivity (Wildman–Crippen MR) is 59.7 cm³/mol. The number of halogens is 2. The highest BCUT2D eigenvalue weighted by Crippen LogP contribution is 2.24. The van der Waals surface area contributed by atoms with E-state index in [-0.39, 0.29) is 5.91 Å². The molecule has 0 saturated carbocycles. The molecular weight excluding hydrogens is 265 g/mol. The molecule has 1 aliphatic heterocycles. The lowest BCUT2D eigenvalue weighted by Gasteiger charge is -2.31. The Hall–Kier alpha value is -0.540. The van der Waals surface area contributed by atoms with E-state index >= 15 is 0 Å². The zero-order valence-electron chi connectivity index (χ0n) is 7.46. The summed E-state index contributed by atoms with van der Waals surface area (Å²) in [6, 6.07) is 5.24. The predicted octanol–water partition coefficient (Wildman–Crippen LogP) is 2.95. The molecule has 0 N–H and O–H groups in total. The standard InChI is InChI=1S/C10H9BrClNO/c11-9-6-7(12)2-3-8(9)10(14)13-4-1-5-13/h2-3,6H,1,4-5H2. The molecule has 74 valence electrons. The number of nitrogens with zero attached hydrogens (tertiary/aromatic N) is 1. The summed E-state index contributed by atoms with van der Waals surface area (Å²) >= 11 is 9.13. The molecule has 2 rings (SSSR count). The van der Waals surface area contributed by atoms with Gasteiger partial charge in [0.05, 0.1) is 5.56 Å². The van der Waals surface area contributed by atoms with Crippen LogP contribution < -0.4 is 0 Å². The molecule has 14 heavy (non-hydrogen) atoms. The largest absolute Gasteiger partial charge is 0.338 e. The Morgan fingerprint density at radius 2 is 2.14 bits per heavy atom. The average Bonchev–Trinajstić information content (AvgIpc) is 2.00. The van der Waals surface area contributed by atoms with E-state index in [1.807, 2.05) is 4.90 Å². The van der Waals surface area contributed by atoms with Gasteiger partial charge in [-0.3, -0.25) is 4.79 Å². The molecule has 0 unspecified atom stereocenters. The molecule has 0 aromatic heterocycles. The number of hydrogen-bond donors (Lipinski definition) is 0. The van der Waals surface area contributed by atoms with Crippen molar-refractivity contribution >= 4 is 33.4 Å². The highest BCUT2D eigenvalue weighted by Gasteiger charge is 2.22. The van der Waals surface area contributed by atoms with E-state index in [1.165, 1.54) is 0 Å². The van der Waals surface area contributed by atoms with Crippen molar-refractivity contribution < 1.29 is 4.79 Å². The van der Waals surface area contributed by atoms with Crippen LogP contribution in [0, 0.1) is 0 Å². The molecule has 1 amide bonds. The highest BCUT2D eigenvalue weighted by atomic mass is 79.9. The topological polar surface area (TPSA) is 20.3 Å². The van der Waals surface area contributed by atoms with Crippen LogP contribution in [0.5, 0.6) is 0 Å². The van der Waals surface area contributed by atoms with Gasteiger partial charge in [0.2, 0.25) is 0 Å². The maximum atomic E-state index is 11.8. The van der Waals surface area contributed by atoms with Crippen molar-refractivity contribution in [2.45, 2.75) is 6.42 Å². The molecule has 1 heterocycles. The average molecular weight is 275 g/mol. The van der Waals surface area contributed by atoms with Gasteiger partial charge in [0.25, 0.3) is 5.91 Å². The normalized spacial score (nSPS) is 15.1. The van der Waals surface area contributed by atoms with Crippen molar-refractivity contribution in [3.05, 3.63) is 33.3 Å². The lowest BCUT2D eigenvalue weighted by molar-refractivity contribution is 0.0651. The number of amides is 1. The fraction of sp³-hybridized carbons (Fsp3) is 0.300. The van der Waals surface area contributed by atoms with Gasteiger partial charge in [-0.05, 0) is 40.5 Å². The maximum Gasteiger partial charge on any atom is 0.255 e. The number of hydrogen-bond acceptors (Lipinski definition) is 1. The van der Waals surface area contributed by atoms with Gasteiger partial charge in [-0.25, -0.2) is 0 Å². The van der Waals surface area contributed by atoms with E-state index in [2.05, 4.69) is 15.9 Å². The smallest absolute Gasteiger partial charge is 0.255 e. The van der Waals surface area contributed by atoms with Crippen molar-refractivity contribution in [1.29, 1.82) is 0 Å². The molecular formula is C10H9BrClNO. The highest BCUT2D eigenvalue weighted by molar-refractivity contribution is 9.10. The van der Waals surface area contributed by atoms with Crippen molar-refractivity contribution in [2.24, 2.45) is 0 Å². The lowest BCUT2D eigenvalue weighted by atomic mass is 10.1. The van der Waals surface area contributed by atoms with Gasteiger partial charge in [-0.2, -0.15) is 0 Å². The van der Waals surface area contributed by atoms with Crippen molar-refractivity contribution in [1.82, 2.24) is 4.90 Å². The zero-order valence-corrected chi connectivity index (χ0v) is 9.81. The van der Waals surface area contributed by atoms with Gasteiger partial charge in [0, 0.05) is 22.6 Å². The first-order valence-corrected chi connectivity index (χ1v) is 5.60. The summed E-state index contributed by atoms with van der Waals surface area (Å²) in [6.07, 6.45) is 1.11. The summed E-state index contributed by atoms with van der Waals surface area (Å²) in [5.41, 5.74) is 0.689. The second-order valence-corrected chi connectivity index (χ2v) is 4.56. The summed E-state index contributed by atoms with van der Waals surface area (Å²) in [6.45, 7) is 1.74. The maximum absolute atomic E-state index is 11.8. The summed E-state index contributed by atoms with van der Waals surface area (Å²) < 4.78 is 0.766. The van der Waals surface area contributed by atoms with Crippen LogP contribution in [0.25, 0.3) is 0 Å². The number of carbonyl (C=O) groups is 1.